The zero-order valence-corrected chi connectivity index (χ0v) is 24.6. The summed E-state index contributed by atoms with van der Waals surface area (Å²) < 4.78 is 46.1. The molecule has 2 heterocycles. The van der Waals surface area contributed by atoms with Gasteiger partial charge in [0.15, 0.2) is 14.6 Å². The Bertz CT molecular complexity index is 984. The van der Waals surface area contributed by atoms with Crippen LogP contribution in [0.25, 0.3) is 0 Å². The molecule has 0 saturated carbocycles. The number of halogens is 1. The van der Waals surface area contributed by atoms with Gasteiger partial charge in [0.05, 0.1) is 32.0 Å². The number of alkyl halides is 1. The predicted octanol–water partition coefficient (Wildman–Crippen LogP) is 7.53. The van der Waals surface area contributed by atoms with Gasteiger partial charge in [0.2, 0.25) is 0 Å². The Balaban J connectivity index is 1.44. The highest BCUT2D eigenvalue weighted by atomic mass is 32.2. The first kappa shape index (κ1) is 28.6. The second kappa shape index (κ2) is 12.2. The Kier molecular flexibility index (Phi) is 9.41. The van der Waals surface area contributed by atoms with Gasteiger partial charge >= 0.3 is 0 Å². The molecule has 0 N–H and O–H groups in total. The molecule has 2 saturated heterocycles. The van der Waals surface area contributed by atoms with E-state index >= 15 is 0 Å². The Labute approximate surface area is 226 Å². The van der Waals surface area contributed by atoms with E-state index in [4.69, 9.17) is 23.4 Å². The van der Waals surface area contributed by atoms with Crippen LogP contribution in [-0.4, -0.2) is 52.0 Å². The van der Waals surface area contributed by atoms with Gasteiger partial charge in [-0.05, 0) is 55.2 Å². The zero-order valence-electron chi connectivity index (χ0n) is 22.8. The van der Waals surface area contributed by atoms with Gasteiger partial charge in [-0.2, -0.15) is 0 Å². The van der Waals surface area contributed by atoms with Gasteiger partial charge in [-0.15, -0.1) is 0 Å². The number of hydrogen-bond donors (Lipinski definition) is 0. The van der Waals surface area contributed by atoms with Crippen molar-refractivity contribution in [1.82, 2.24) is 0 Å². The molecule has 1 unspecified atom stereocenters. The summed E-state index contributed by atoms with van der Waals surface area (Å²) in [5, 5.41) is 0.0579. The lowest BCUT2D eigenvalue weighted by atomic mass is 9.95. The van der Waals surface area contributed by atoms with Crippen LogP contribution in [0, 0.1) is 0 Å². The molecule has 4 rings (SSSR count). The van der Waals surface area contributed by atoms with E-state index in [9.17, 15) is 4.39 Å². The summed E-state index contributed by atoms with van der Waals surface area (Å²) in [7, 11) is -0.429. The van der Waals surface area contributed by atoms with E-state index in [-0.39, 0.29) is 29.5 Å². The smallest absolute Gasteiger partial charge is 0.192 e. The van der Waals surface area contributed by atoms with Crippen LogP contribution in [-0.2, 0) is 18.6 Å². The summed E-state index contributed by atoms with van der Waals surface area (Å²) in [6.07, 6.45) is 0.547. The third-order valence-corrected chi connectivity index (χ3v) is 13.2. The first-order valence-electron chi connectivity index (χ1n) is 13.2. The molecule has 0 aliphatic carbocycles. The Hall–Kier alpha value is -1.42. The lowest BCUT2D eigenvalue weighted by molar-refractivity contribution is -0.301. The summed E-state index contributed by atoms with van der Waals surface area (Å²) >= 11 is 1.26. The van der Waals surface area contributed by atoms with Crippen LogP contribution in [0.15, 0.2) is 59.5 Å². The molecule has 0 bridgehead atoms. The number of thioether (sulfide) groups is 1. The first-order valence-corrected chi connectivity index (χ1v) is 16.9. The lowest BCUT2D eigenvalue weighted by Crippen LogP contribution is -2.57. The Morgan fingerprint density at radius 1 is 1.03 bits per heavy atom. The van der Waals surface area contributed by atoms with Gasteiger partial charge in [0.25, 0.3) is 0 Å². The van der Waals surface area contributed by atoms with Crippen molar-refractivity contribution < 1.29 is 27.8 Å². The monoisotopic (exact) mass is 548 g/mol. The fourth-order valence-electron chi connectivity index (χ4n) is 4.47. The molecule has 2 aliphatic rings. The fourth-order valence-corrected chi connectivity index (χ4v) is 6.69. The van der Waals surface area contributed by atoms with E-state index in [1.807, 2.05) is 54.6 Å². The van der Waals surface area contributed by atoms with Crippen LogP contribution in [0.3, 0.4) is 0 Å². The Morgan fingerprint density at radius 3 is 2.38 bits per heavy atom. The average Bonchev–Trinajstić information content (AvgIpc) is 2.87. The van der Waals surface area contributed by atoms with Crippen molar-refractivity contribution in [3.63, 3.8) is 0 Å². The van der Waals surface area contributed by atoms with Gasteiger partial charge in [-0.1, -0.05) is 62.9 Å². The molecule has 0 amide bonds. The SMILES string of the molecule is COc1ccc([C@@H]2OC[C@H]3O[C@@H](CCC(F)Sc4ccccc4)[C@H](O[Si](C)(C)C(C)(C)C)C[C@@H]3O2)cc1. The number of hydrogen-bond acceptors (Lipinski definition) is 6. The van der Waals surface area contributed by atoms with Crippen molar-refractivity contribution in [2.75, 3.05) is 13.7 Å². The molecule has 204 valence electrons. The predicted molar refractivity (Wildman–Crippen MR) is 148 cm³/mol. The quantitative estimate of drug-likeness (QED) is 0.238. The number of benzene rings is 2. The molecule has 5 nitrogen and oxygen atoms in total. The highest BCUT2D eigenvalue weighted by molar-refractivity contribution is 7.99. The largest absolute Gasteiger partial charge is 0.497 e. The second-order valence-corrected chi connectivity index (χ2v) is 17.4. The summed E-state index contributed by atoms with van der Waals surface area (Å²) in [6.45, 7) is 11.6. The van der Waals surface area contributed by atoms with Gasteiger partial charge in [0, 0.05) is 16.9 Å². The van der Waals surface area contributed by atoms with Crippen molar-refractivity contribution in [2.24, 2.45) is 0 Å². The maximum absolute atomic E-state index is 14.9. The van der Waals surface area contributed by atoms with Crippen molar-refractivity contribution in [3.05, 3.63) is 60.2 Å². The number of methoxy groups -OCH3 is 1. The topological polar surface area (TPSA) is 46.2 Å². The van der Waals surface area contributed by atoms with Crippen molar-refractivity contribution in [3.8, 4) is 5.75 Å². The van der Waals surface area contributed by atoms with E-state index in [2.05, 4.69) is 33.9 Å². The molecule has 37 heavy (non-hydrogen) atoms. The molecule has 2 aromatic carbocycles. The molecule has 0 spiro atoms. The molecule has 2 fully saturated rings. The summed E-state index contributed by atoms with van der Waals surface area (Å²) in [4.78, 5) is 0.937. The number of rotatable bonds is 9. The zero-order chi connectivity index (χ0) is 26.6. The molecule has 0 aromatic heterocycles. The minimum absolute atomic E-state index is 0.0579. The van der Waals surface area contributed by atoms with Crippen LogP contribution in [0.1, 0.15) is 51.9 Å². The van der Waals surface area contributed by atoms with E-state index in [0.717, 1.165) is 16.2 Å². The van der Waals surface area contributed by atoms with Crippen molar-refractivity contribution >= 4 is 20.1 Å². The van der Waals surface area contributed by atoms with Crippen LogP contribution in [0.5, 0.6) is 5.75 Å². The number of ether oxygens (including phenoxy) is 4. The maximum Gasteiger partial charge on any atom is 0.192 e. The van der Waals surface area contributed by atoms with E-state index in [0.29, 0.717) is 25.9 Å². The Morgan fingerprint density at radius 2 is 1.73 bits per heavy atom. The third-order valence-electron chi connectivity index (χ3n) is 7.68. The minimum Gasteiger partial charge on any atom is -0.497 e. The summed E-state index contributed by atoms with van der Waals surface area (Å²) in [6, 6.07) is 17.4. The summed E-state index contributed by atoms with van der Waals surface area (Å²) in [5.41, 5.74) is -0.0583. The molecule has 8 heteroatoms. The lowest BCUT2D eigenvalue weighted by Gasteiger charge is -2.48. The van der Waals surface area contributed by atoms with Crippen LogP contribution < -0.4 is 4.74 Å². The normalized spacial score (nSPS) is 27.4. The molecular weight excluding hydrogens is 507 g/mol. The van der Waals surface area contributed by atoms with E-state index in [1.54, 1.807) is 7.11 Å². The van der Waals surface area contributed by atoms with Gasteiger partial charge in [-0.3, -0.25) is 0 Å². The van der Waals surface area contributed by atoms with Crippen LogP contribution in [0.2, 0.25) is 18.1 Å². The van der Waals surface area contributed by atoms with Gasteiger partial charge < -0.3 is 23.4 Å². The standard InChI is InChI=1S/C29H41FO5SSi/c1-29(2,3)37(5,6)35-25-18-24-26(19-32-28(34-24)20-12-14-21(31-4)15-13-20)33-23(25)16-17-27(30)36-22-10-8-7-9-11-22/h7-15,23-28H,16-19H2,1-6H3/t23-,24-,25+,26+,27?,28+/m0/s1. The van der Waals surface area contributed by atoms with Gasteiger partial charge in [-0.25, -0.2) is 4.39 Å². The molecule has 2 aromatic rings. The molecule has 6 atom stereocenters. The van der Waals surface area contributed by atoms with Crippen LogP contribution >= 0.6 is 11.8 Å². The minimum atomic E-state index is -2.08. The van der Waals surface area contributed by atoms with Crippen molar-refractivity contribution in [1.29, 1.82) is 0 Å². The highest BCUT2D eigenvalue weighted by Gasteiger charge is 2.47. The third kappa shape index (κ3) is 7.37. The maximum atomic E-state index is 14.9. The second-order valence-electron chi connectivity index (χ2n) is 11.4. The van der Waals surface area contributed by atoms with Crippen LogP contribution in [0.4, 0.5) is 4.39 Å². The summed E-state index contributed by atoms with van der Waals surface area (Å²) in [5.74, 6) is 0.792. The fraction of sp³-hybridized carbons (Fsp3) is 0.586. The molecule has 0 radical (unpaired) electrons. The molecular formula is C29H41FO5SSi. The average molecular weight is 549 g/mol. The van der Waals surface area contributed by atoms with Crippen molar-refractivity contribution in [2.45, 2.75) is 99.3 Å². The molecule has 2 aliphatic heterocycles. The van der Waals surface area contributed by atoms with E-state index in [1.165, 1.54) is 11.8 Å². The van der Waals surface area contributed by atoms with Gasteiger partial charge in [0.1, 0.15) is 17.4 Å². The number of fused-ring (bicyclic) bond motifs is 1. The first-order chi connectivity index (χ1) is 17.6. The van der Waals surface area contributed by atoms with E-state index < -0.39 is 20.1 Å². The highest BCUT2D eigenvalue weighted by Crippen LogP contribution is 2.42.